The minimum Gasteiger partial charge on any atom is -0.398 e. The highest BCUT2D eigenvalue weighted by atomic mass is 16.5. The van der Waals surface area contributed by atoms with Gasteiger partial charge in [0.1, 0.15) is 0 Å². The minimum atomic E-state index is -0.189. The van der Waals surface area contributed by atoms with E-state index in [1.54, 1.807) is 6.20 Å². The molecule has 1 fully saturated rings. The van der Waals surface area contributed by atoms with Crippen LogP contribution in [0.1, 0.15) is 44.7 Å². The molecule has 0 radical (unpaired) electrons. The Bertz CT molecular complexity index is 388. The first-order chi connectivity index (χ1) is 8.67. The molecule has 0 spiro atoms. The van der Waals surface area contributed by atoms with Crippen LogP contribution in [0.4, 0.5) is 5.69 Å². The van der Waals surface area contributed by atoms with Gasteiger partial charge in [0.2, 0.25) is 0 Å². The Morgan fingerprint density at radius 2 is 2.39 bits per heavy atom. The molecular weight excluding hydrogens is 226 g/mol. The van der Waals surface area contributed by atoms with Crippen LogP contribution in [0.2, 0.25) is 0 Å². The third kappa shape index (κ3) is 2.65. The number of ether oxygens (including phenoxy) is 1. The van der Waals surface area contributed by atoms with Gasteiger partial charge in [0.15, 0.2) is 0 Å². The van der Waals surface area contributed by atoms with Crippen LogP contribution in [0.25, 0.3) is 0 Å². The van der Waals surface area contributed by atoms with Crippen LogP contribution in [-0.4, -0.2) is 23.7 Å². The molecule has 2 atom stereocenters. The molecule has 4 nitrogen and oxygen atoms in total. The highest BCUT2D eigenvalue weighted by Crippen LogP contribution is 2.38. The second-order valence-corrected chi connectivity index (χ2v) is 5.11. The number of hydrogen-bond acceptors (Lipinski definition) is 4. The zero-order chi connectivity index (χ0) is 13.0. The molecule has 2 heterocycles. The summed E-state index contributed by atoms with van der Waals surface area (Å²) < 4.78 is 6.04. The van der Waals surface area contributed by atoms with E-state index in [1.807, 2.05) is 12.3 Å². The number of nitrogens with one attached hydrogen (secondary N) is 1. The van der Waals surface area contributed by atoms with Crippen molar-refractivity contribution >= 4 is 5.69 Å². The lowest BCUT2D eigenvalue weighted by molar-refractivity contribution is -0.0894. The number of anilines is 1. The normalized spacial score (nSPS) is 25.9. The average Bonchev–Trinajstić information content (AvgIpc) is 2.38. The van der Waals surface area contributed by atoms with Crippen LogP contribution < -0.4 is 11.1 Å². The van der Waals surface area contributed by atoms with E-state index in [1.165, 1.54) is 6.42 Å². The van der Waals surface area contributed by atoms with Crippen LogP contribution in [0, 0.1) is 0 Å². The van der Waals surface area contributed by atoms with Gasteiger partial charge >= 0.3 is 0 Å². The molecule has 18 heavy (non-hydrogen) atoms. The number of aromatic nitrogens is 1. The Morgan fingerprint density at radius 1 is 1.56 bits per heavy atom. The average molecular weight is 249 g/mol. The van der Waals surface area contributed by atoms with E-state index >= 15 is 0 Å². The molecule has 100 valence electrons. The fourth-order valence-corrected chi connectivity index (χ4v) is 2.70. The SMILES string of the molecule is CCNC(c1cnccc1N)C1(C)CCCCO1. The highest BCUT2D eigenvalue weighted by molar-refractivity contribution is 5.47. The van der Waals surface area contributed by atoms with Crippen molar-refractivity contribution in [2.75, 3.05) is 18.9 Å². The van der Waals surface area contributed by atoms with E-state index in [-0.39, 0.29) is 11.6 Å². The van der Waals surface area contributed by atoms with Crippen molar-refractivity contribution in [1.82, 2.24) is 10.3 Å². The Hall–Kier alpha value is -1.13. The van der Waals surface area contributed by atoms with Gasteiger partial charge in [0.05, 0.1) is 11.6 Å². The second kappa shape index (κ2) is 5.67. The minimum absolute atomic E-state index is 0.108. The van der Waals surface area contributed by atoms with Crippen LogP contribution in [0.5, 0.6) is 0 Å². The molecule has 4 heteroatoms. The standard InChI is InChI=1S/C14H23N3O/c1-3-17-13(11-10-16-8-6-12(11)15)14(2)7-4-5-9-18-14/h6,8,10,13,17H,3-5,7,9H2,1-2H3,(H2,15,16). The summed E-state index contributed by atoms with van der Waals surface area (Å²) in [7, 11) is 0. The van der Waals surface area contributed by atoms with Gasteiger partial charge in [0, 0.05) is 30.3 Å². The summed E-state index contributed by atoms with van der Waals surface area (Å²) in [6.45, 7) is 5.99. The lowest BCUT2D eigenvalue weighted by atomic mass is 9.84. The fourth-order valence-electron chi connectivity index (χ4n) is 2.70. The van der Waals surface area contributed by atoms with Crippen LogP contribution in [-0.2, 0) is 4.74 Å². The zero-order valence-corrected chi connectivity index (χ0v) is 11.3. The molecule has 1 aliphatic rings. The molecule has 2 rings (SSSR count). The topological polar surface area (TPSA) is 60.2 Å². The lowest BCUT2D eigenvalue weighted by Crippen LogP contribution is -2.46. The highest BCUT2D eigenvalue weighted by Gasteiger charge is 2.38. The molecule has 1 saturated heterocycles. The van der Waals surface area contributed by atoms with E-state index in [0.717, 1.165) is 37.2 Å². The van der Waals surface area contributed by atoms with Gasteiger partial charge in [-0.25, -0.2) is 0 Å². The van der Waals surface area contributed by atoms with Gasteiger partial charge in [0.25, 0.3) is 0 Å². The number of nitrogens with two attached hydrogens (primary N) is 1. The van der Waals surface area contributed by atoms with Crippen molar-refractivity contribution in [3.63, 3.8) is 0 Å². The smallest absolute Gasteiger partial charge is 0.0849 e. The first kappa shape index (κ1) is 13.3. The number of pyridine rings is 1. The van der Waals surface area contributed by atoms with E-state index in [9.17, 15) is 0 Å². The largest absolute Gasteiger partial charge is 0.398 e. The van der Waals surface area contributed by atoms with Gasteiger partial charge < -0.3 is 15.8 Å². The molecule has 0 aromatic carbocycles. The Morgan fingerprint density at radius 3 is 3.00 bits per heavy atom. The molecular formula is C14H23N3O. The Kier molecular flexibility index (Phi) is 4.19. The Labute approximate surface area is 109 Å². The monoisotopic (exact) mass is 249 g/mol. The van der Waals surface area contributed by atoms with Crippen molar-refractivity contribution in [1.29, 1.82) is 0 Å². The van der Waals surface area contributed by atoms with Crippen molar-refractivity contribution in [3.8, 4) is 0 Å². The Balaban J connectivity index is 2.30. The van der Waals surface area contributed by atoms with E-state index in [4.69, 9.17) is 10.5 Å². The van der Waals surface area contributed by atoms with Crippen LogP contribution in [0.3, 0.4) is 0 Å². The summed E-state index contributed by atoms with van der Waals surface area (Å²) >= 11 is 0. The molecule has 1 aromatic rings. The predicted octanol–water partition coefficient (Wildman–Crippen LogP) is 2.27. The molecule has 0 saturated carbocycles. The summed E-state index contributed by atoms with van der Waals surface area (Å²) in [6.07, 6.45) is 6.99. The number of likely N-dealkylation sites (N-methyl/N-ethyl adjacent to an activating group) is 1. The lowest BCUT2D eigenvalue weighted by Gasteiger charge is -2.41. The van der Waals surface area contributed by atoms with Crippen molar-refractivity contribution in [2.24, 2.45) is 0 Å². The third-order valence-electron chi connectivity index (χ3n) is 3.72. The molecule has 1 aliphatic heterocycles. The quantitative estimate of drug-likeness (QED) is 0.859. The summed E-state index contributed by atoms with van der Waals surface area (Å²) in [6, 6.07) is 1.96. The maximum atomic E-state index is 6.08. The summed E-state index contributed by atoms with van der Waals surface area (Å²) in [5, 5.41) is 3.50. The van der Waals surface area contributed by atoms with Crippen molar-refractivity contribution < 1.29 is 4.74 Å². The van der Waals surface area contributed by atoms with E-state index < -0.39 is 0 Å². The molecule has 0 bridgehead atoms. The van der Waals surface area contributed by atoms with E-state index in [0.29, 0.717) is 0 Å². The van der Waals surface area contributed by atoms with Gasteiger partial charge in [-0.3, -0.25) is 4.98 Å². The first-order valence-electron chi connectivity index (χ1n) is 6.74. The third-order valence-corrected chi connectivity index (χ3v) is 3.72. The summed E-state index contributed by atoms with van der Waals surface area (Å²) in [5.41, 5.74) is 7.72. The zero-order valence-electron chi connectivity index (χ0n) is 11.3. The molecule has 2 unspecified atom stereocenters. The molecule has 3 N–H and O–H groups in total. The first-order valence-corrected chi connectivity index (χ1v) is 6.74. The van der Waals surface area contributed by atoms with Gasteiger partial charge in [-0.1, -0.05) is 6.92 Å². The predicted molar refractivity (Wildman–Crippen MR) is 73.3 cm³/mol. The van der Waals surface area contributed by atoms with Crippen molar-refractivity contribution in [3.05, 3.63) is 24.0 Å². The van der Waals surface area contributed by atoms with Crippen LogP contribution in [0.15, 0.2) is 18.5 Å². The number of nitrogens with zero attached hydrogens (tertiary/aromatic N) is 1. The van der Waals surface area contributed by atoms with Crippen LogP contribution >= 0.6 is 0 Å². The maximum Gasteiger partial charge on any atom is 0.0849 e. The van der Waals surface area contributed by atoms with Gasteiger partial charge in [-0.2, -0.15) is 0 Å². The fraction of sp³-hybridized carbons (Fsp3) is 0.643. The number of hydrogen-bond donors (Lipinski definition) is 2. The molecule has 0 aliphatic carbocycles. The molecule has 0 amide bonds. The van der Waals surface area contributed by atoms with Gasteiger partial charge in [-0.05, 0) is 38.8 Å². The van der Waals surface area contributed by atoms with Gasteiger partial charge in [-0.15, -0.1) is 0 Å². The van der Waals surface area contributed by atoms with E-state index in [2.05, 4.69) is 24.1 Å². The number of nitrogen functional groups attached to an aromatic ring is 1. The summed E-state index contributed by atoms with van der Waals surface area (Å²) in [4.78, 5) is 4.20. The maximum absolute atomic E-state index is 6.08. The number of rotatable bonds is 4. The molecule has 1 aromatic heterocycles. The summed E-state index contributed by atoms with van der Waals surface area (Å²) in [5.74, 6) is 0. The second-order valence-electron chi connectivity index (χ2n) is 5.11. The van der Waals surface area contributed by atoms with Crippen molar-refractivity contribution in [2.45, 2.75) is 44.8 Å².